The lowest BCUT2D eigenvalue weighted by molar-refractivity contribution is 0.0119. The Balaban J connectivity index is 1.49. The molecule has 6 heteroatoms. The van der Waals surface area contributed by atoms with Crippen molar-refractivity contribution in [3.05, 3.63) is 24.0 Å². The van der Waals surface area contributed by atoms with E-state index in [9.17, 15) is 4.79 Å². The van der Waals surface area contributed by atoms with Crippen LogP contribution in [-0.2, 0) is 9.47 Å². The molecule has 5 nitrogen and oxygen atoms in total. The molecule has 2 heterocycles. The molecule has 0 unspecified atom stereocenters. The highest BCUT2D eigenvalue weighted by Crippen LogP contribution is 2.32. The standard InChI is InChI=1S/C19H28N2O3S/c1-13-20-16-10-15(7-8-17(16)25-13)23-12-14-6-5-9-21(11-14)18(22)24-19(2,3)4/h7-8,10,14,16-17H,5-6,9,11-12H2,1-4H3/t14-,16+,17+/m0/s1. The molecule has 0 aromatic carbocycles. The fraction of sp³-hybridized carbons (Fsp3) is 0.684. The second-order valence-electron chi connectivity index (χ2n) is 7.89. The van der Waals surface area contributed by atoms with Gasteiger partial charge < -0.3 is 14.4 Å². The zero-order valence-electron chi connectivity index (χ0n) is 15.5. The number of ether oxygens (including phenoxy) is 2. The maximum absolute atomic E-state index is 12.2. The molecule has 0 radical (unpaired) electrons. The Morgan fingerprint density at radius 3 is 3.00 bits per heavy atom. The third-order valence-electron chi connectivity index (χ3n) is 4.42. The molecule has 3 atom stereocenters. The van der Waals surface area contributed by atoms with Gasteiger partial charge in [-0.05, 0) is 52.7 Å². The van der Waals surface area contributed by atoms with E-state index in [0.717, 1.165) is 30.2 Å². The molecule has 1 saturated heterocycles. The van der Waals surface area contributed by atoms with Crippen molar-refractivity contribution in [2.24, 2.45) is 10.9 Å². The average Bonchev–Trinajstić information content (AvgIpc) is 2.91. The molecule has 25 heavy (non-hydrogen) atoms. The molecule has 0 N–H and O–H groups in total. The highest BCUT2D eigenvalue weighted by Gasteiger charge is 2.30. The summed E-state index contributed by atoms with van der Waals surface area (Å²) in [5.41, 5.74) is -0.452. The van der Waals surface area contributed by atoms with Gasteiger partial charge in [-0.2, -0.15) is 0 Å². The van der Waals surface area contributed by atoms with Crippen LogP contribution in [0.1, 0.15) is 40.5 Å². The number of nitrogens with zero attached hydrogens (tertiary/aromatic N) is 2. The summed E-state index contributed by atoms with van der Waals surface area (Å²) in [7, 11) is 0. The van der Waals surface area contributed by atoms with Gasteiger partial charge in [-0.3, -0.25) is 4.99 Å². The topological polar surface area (TPSA) is 51.1 Å². The summed E-state index contributed by atoms with van der Waals surface area (Å²) in [4.78, 5) is 18.7. The van der Waals surface area contributed by atoms with Gasteiger partial charge >= 0.3 is 6.09 Å². The summed E-state index contributed by atoms with van der Waals surface area (Å²) in [6.07, 6.45) is 8.20. The number of fused-ring (bicyclic) bond motifs is 1. The quantitative estimate of drug-likeness (QED) is 0.759. The summed E-state index contributed by atoms with van der Waals surface area (Å²) < 4.78 is 11.5. The van der Waals surface area contributed by atoms with Gasteiger partial charge in [0.2, 0.25) is 0 Å². The fourth-order valence-electron chi connectivity index (χ4n) is 3.28. The zero-order chi connectivity index (χ0) is 18.0. The van der Waals surface area contributed by atoms with Gasteiger partial charge in [-0.15, -0.1) is 11.8 Å². The van der Waals surface area contributed by atoms with Gasteiger partial charge in [0.15, 0.2) is 0 Å². The highest BCUT2D eigenvalue weighted by molar-refractivity contribution is 8.14. The SMILES string of the molecule is CC1=N[C@@H]2C=C(OC[C@H]3CCCN(C(=O)OC(C)(C)C)C3)C=C[C@H]2S1. The number of hydrogen-bond donors (Lipinski definition) is 0. The lowest BCUT2D eigenvalue weighted by Gasteiger charge is -2.34. The molecule has 3 rings (SSSR count). The lowest BCUT2D eigenvalue weighted by Crippen LogP contribution is -2.43. The summed E-state index contributed by atoms with van der Waals surface area (Å²) in [6.45, 7) is 9.84. The van der Waals surface area contributed by atoms with Crippen molar-refractivity contribution in [3.63, 3.8) is 0 Å². The average molecular weight is 365 g/mol. The number of rotatable bonds is 3. The van der Waals surface area contributed by atoms with Crippen molar-refractivity contribution in [2.75, 3.05) is 19.7 Å². The third-order valence-corrected chi connectivity index (χ3v) is 5.57. The Bertz CT molecular complexity index is 606. The first-order valence-corrected chi connectivity index (χ1v) is 9.90. The number of thioether (sulfide) groups is 1. The van der Waals surface area contributed by atoms with Crippen molar-refractivity contribution in [1.82, 2.24) is 4.90 Å². The highest BCUT2D eigenvalue weighted by atomic mass is 32.2. The summed E-state index contributed by atoms with van der Waals surface area (Å²) in [6, 6.07) is 0.203. The maximum Gasteiger partial charge on any atom is 0.410 e. The molecule has 2 aliphatic heterocycles. The molecule has 0 spiro atoms. The zero-order valence-corrected chi connectivity index (χ0v) is 16.3. The van der Waals surface area contributed by atoms with Gasteiger partial charge in [0.05, 0.1) is 22.9 Å². The number of allylic oxidation sites excluding steroid dienone is 1. The molecule has 0 saturated carbocycles. The van der Waals surface area contributed by atoms with Gasteiger partial charge in [-0.25, -0.2) is 4.79 Å². The molecule has 1 amide bonds. The number of likely N-dealkylation sites (tertiary alicyclic amines) is 1. The predicted molar refractivity (Wildman–Crippen MR) is 102 cm³/mol. The summed E-state index contributed by atoms with van der Waals surface area (Å²) >= 11 is 1.81. The first-order chi connectivity index (χ1) is 11.8. The van der Waals surface area contributed by atoms with E-state index in [1.807, 2.05) is 37.4 Å². The number of amides is 1. The second-order valence-corrected chi connectivity index (χ2v) is 9.27. The Morgan fingerprint density at radius 2 is 2.24 bits per heavy atom. The molecule has 0 bridgehead atoms. The first-order valence-electron chi connectivity index (χ1n) is 9.02. The van der Waals surface area contributed by atoms with Crippen LogP contribution >= 0.6 is 11.8 Å². The van der Waals surface area contributed by atoms with Crippen LogP contribution < -0.4 is 0 Å². The lowest BCUT2D eigenvalue weighted by atomic mass is 9.99. The number of aliphatic imine (C=N–C) groups is 1. The number of carbonyl (C=O) groups is 1. The van der Waals surface area contributed by atoms with E-state index in [2.05, 4.69) is 30.1 Å². The number of carbonyl (C=O) groups excluding carboxylic acids is 1. The Hall–Kier alpha value is -1.43. The molecular weight excluding hydrogens is 336 g/mol. The minimum atomic E-state index is -0.452. The summed E-state index contributed by atoms with van der Waals surface area (Å²) in [5, 5.41) is 1.56. The number of hydrogen-bond acceptors (Lipinski definition) is 5. The van der Waals surface area contributed by atoms with Gasteiger partial charge in [0.1, 0.15) is 11.4 Å². The van der Waals surface area contributed by atoms with Gasteiger partial charge in [-0.1, -0.05) is 6.08 Å². The largest absolute Gasteiger partial charge is 0.494 e. The van der Waals surface area contributed by atoms with Crippen LogP contribution in [0.25, 0.3) is 0 Å². The van der Waals surface area contributed by atoms with Crippen LogP contribution in [0.4, 0.5) is 4.79 Å². The van der Waals surface area contributed by atoms with Crippen molar-refractivity contribution >= 4 is 22.9 Å². The minimum Gasteiger partial charge on any atom is -0.494 e. The molecule has 0 aromatic heterocycles. The maximum atomic E-state index is 12.2. The van der Waals surface area contributed by atoms with Crippen LogP contribution in [0.15, 0.2) is 29.0 Å². The fourth-order valence-corrected chi connectivity index (χ4v) is 4.30. The van der Waals surface area contributed by atoms with Gasteiger partial charge in [0, 0.05) is 19.0 Å². The normalized spacial score (nSPS) is 29.0. The summed E-state index contributed by atoms with van der Waals surface area (Å²) in [5.74, 6) is 1.24. The monoisotopic (exact) mass is 364 g/mol. The number of piperidine rings is 1. The molecule has 0 aromatic rings. The molecule has 3 aliphatic rings. The third kappa shape index (κ3) is 5.03. The molecule has 138 valence electrons. The molecular formula is C19H28N2O3S. The van der Waals surface area contributed by atoms with E-state index >= 15 is 0 Å². The van der Waals surface area contributed by atoms with Crippen LogP contribution in [0.5, 0.6) is 0 Å². The van der Waals surface area contributed by atoms with E-state index in [4.69, 9.17) is 9.47 Å². The predicted octanol–water partition coefficient (Wildman–Crippen LogP) is 4.01. The Labute approximate surface area is 154 Å². The first kappa shape index (κ1) is 18.4. The smallest absolute Gasteiger partial charge is 0.410 e. The van der Waals surface area contributed by atoms with Crippen LogP contribution in [0.3, 0.4) is 0 Å². The van der Waals surface area contributed by atoms with Crippen molar-refractivity contribution in [1.29, 1.82) is 0 Å². The van der Waals surface area contributed by atoms with Crippen LogP contribution in [-0.4, -0.2) is 52.6 Å². The van der Waals surface area contributed by atoms with E-state index in [1.54, 1.807) is 0 Å². The van der Waals surface area contributed by atoms with Crippen molar-refractivity contribution in [2.45, 2.75) is 57.4 Å². The van der Waals surface area contributed by atoms with E-state index in [0.29, 0.717) is 24.3 Å². The van der Waals surface area contributed by atoms with Crippen molar-refractivity contribution < 1.29 is 14.3 Å². The molecule has 1 fully saturated rings. The van der Waals surface area contributed by atoms with E-state index in [-0.39, 0.29) is 12.1 Å². The van der Waals surface area contributed by atoms with Crippen molar-refractivity contribution in [3.8, 4) is 0 Å². The molecule has 1 aliphatic carbocycles. The van der Waals surface area contributed by atoms with Crippen LogP contribution in [0.2, 0.25) is 0 Å². The van der Waals surface area contributed by atoms with E-state index < -0.39 is 5.60 Å². The van der Waals surface area contributed by atoms with E-state index in [1.165, 1.54) is 0 Å². The Kier molecular flexibility index (Phi) is 5.46. The Morgan fingerprint density at radius 1 is 1.44 bits per heavy atom. The van der Waals surface area contributed by atoms with Crippen LogP contribution in [0, 0.1) is 5.92 Å². The minimum absolute atomic E-state index is 0.203. The van der Waals surface area contributed by atoms with Gasteiger partial charge in [0.25, 0.3) is 0 Å². The second kappa shape index (κ2) is 7.44.